The van der Waals surface area contributed by atoms with Gasteiger partial charge in [-0.25, -0.2) is 0 Å². The Morgan fingerprint density at radius 1 is 1.33 bits per heavy atom. The van der Waals surface area contributed by atoms with E-state index in [1.54, 1.807) is 12.2 Å². The van der Waals surface area contributed by atoms with Crippen molar-refractivity contribution >= 4 is 5.91 Å². The molecule has 0 aromatic carbocycles. The molecule has 1 aliphatic carbocycles. The van der Waals surface area contributed by atoms with Crippen molar-refractivity contribution in [2.45, 2.75) is 31.7 Å². The molecule has 1 aliphatic heterocycles. The van der Waals surface area contributed by atoms with Gasteiger partial charge in [-0.3, -0.25) is 4.79 Å². The minimum Gasteiger partial charge on any atom is -0.306 e. The monoisotopic (exact) mass is 163 g/mol. The molecule has 0 saturated heterocycles. The van der Waals surface area contributed by atoms with E-state index in [0.717, 1.165) is 18.5 Å². The Balaban J connectivity index is 2.12. The van der Waals surface area contributed by atoms with E-state index in [9.17, 15) is 4.79 Å². The first-order chi connectivity index (χ1) is 5.79. The average Bonchev–Trinajstić information content (AvgIpc) is 2.61. The first-order valence-electron chi connectivity index (χ1n) is 4.49. The second kappa shape index (κ2) is 2.77. The van der Waals surface area contributed by atoms with Crippen molar-refractivity contribution < 1.29 is 4.79 Å². The summed E-state index contributed by atoms with van der Waals surface area (Å²) < 4.78 is 0. The van der Waals surface area contributed by atoms with Crippen LogP contribution >= 0.6 is 0 Å². The predicted molar refractivity (Wildman–Crippen MR) is 47.4 cm³/mol. The van der Waals surface area contributed by atoms with Crippen LogP contribution in [0.2, 0.25) is 0 Å². The van der Waals surface area contributed by atoms with Gasteiger partial charge in [-0.05, 0) is 18.9 Å². The molecule has 0 spiro atoms. The Kier molecular flexibility index (Phi) is 1.75. The van der Waals surface area contributed by atoms with Crippen molar-refractivity contribution in [3.8, 4) is 0 Å². The molecule has 64 valence electrons. The van der Waals surface area contributed by atoms with E-state index in [2.05, 4.69) is 6.58 Å². The Labute approximate surface area is 72.6 Å². The van der Waals surface area contributed by atoms with E-state index in [1.165, 1.54) is 12.8 Å². The first kappa shape index (κ1) is 7.59. The quantitative estimate of drug-likeness (QED) is 0.577. The number of rotatable bonds is 1. The Morgan fingerprint density at radius 3 is 2.50 bits per heavy atom. The number of carbonyl (C=O) groups excluding carboxylic acids is 1. The van der Waals surface area contributed by atoms with Gasteiger partial charge < -0.3 is 4.90 Å². The number of allylic oxidation sites excluding steroid dienone is 1. The third-order valence-corrected chi connectivity index (χ3v) is 2.66. The molecule has 0 aromatic rings. The van der Waals surface area contributed by atoms with Crippen LogP contribution in [0.3, 0.4) is 0 Å². The molecule has 2 heteroatoms. The molecular formula is C10H13NO. The van der Waals surface area contributed by atoms with Gasteiger partial charge in [0, 0.05) is 17.8 Å². The van der Waals surface area contributed by atoms with Gasteiger partial charge in [-0.1, -0.05) is 19.4 Å². The Morgan fingerprint density at radius 2 is 2.00 bits per heavy atom. The molecule has 2 aliphatic rings. The van der Waals surface area contributed by atoms with Gasteiger partial charge in [-0.2, -0.15) is 0 Å². The average molecular weight is 163 g/mol. The maximum atomic E-state index is 11.4. The van der Waals surface area contributed by atoms with Crippen LogP contribution in [0.5, 0.6) is 0 Å². The van der Waals surface area contributed by atoms with E-state index in [0.29, 0.717) is 6.04 Å². The van der Waals surface area contributed by atoms with Gasteiger partial charge in [0.25, 0.3) is 5.91 Å². The van der Waals surface area contributed by atoms with Gasteiger partial charge in [0.1, 0.15) is 0 Å². The van der Waals surface area contributed by atoms with Crippen LogP contribution in [0.4, 0.5) is 0 Å². The summed E-state index contributed by atoms with van der Waals surface area (Å²) in [6.07, 6.45) is 8.21. The van der Waals surface area contributed by atoms with Gasteiger partial charge in [0.2, 0.25) is 0 Å². The fourth-order valence-corrected chi connectivity index (χ4v) is 2.05. The van der Waals surface area contributed by atoms with Crippen molar-refractivity contribution in [2.24, 2.45) is 0 Å². The molecule has 0 aromatic heterocycles. The summed E-state index contributed by atoms with van der Waals surface area (Å²) in [7, 11) is 0. The van der Waals surface area contributed by atoms with Crippen LogP contribution in [0, 0.1) is 0 Å². The molecule has 0 atom stereocenters. The minimum atomic E-state index is 0.118. The van der Waals surface area contributed by atoms with Crippen molar-refractivity contribution in [1.29, 1.82) is 0 Å². The summed E-state index contributed by atoms with van der Waals surface area (Å²) in [4.78, 5) is 13.2. The Bertz CT molecular complexity index is 231. The zero-order valence-corrected chi connectivity index (χ0v) is 7.12. The number of carbonyl (C=O) groups is 1. The summed E-state index contributed by atoms with van der Waals surface area (Å²) in [5.74, 6) is 0.118. The zero-order chi connectivity index (χ0) is 8.55. The van der Waals surface area contributed by atoms with E-state index < -0.39 is 0 Å². The number of nitrogens with zero attached hydrogens (tertiary/aromatic N) is 1. The summed E-state index contributed by atoms with van der Waals surface area (Å²) in [5, 5.41) is 0. The molecule has 1 heterocycles. The normalized spacial score (nSPS) is 24.5. The van der Waals surface area contributed by atoms with E-state index in [-0.39, 0.29) is 5.91 Å². The molecule has 1 saturated carbocycles. The third-order valence-electron chi connectivity index (χ3n) is 2.66. The molecule has 0 unspecified atom stereocenters. The summed E-state index contributed by atoms with van der Waals surface area (Å²) in [6.45, 7) is 3.85. The van der Waals surface area contributed by atoms with Gasteiger partial charge in [-0.15, -0.1) is 0 Å². The second-order valence-corrected chi connectivity index (χ2v) is 3.47. The predicted octanol–water partition coefficient (Wildman–Crippen LogP) is 1.84. The number of hydrogen-bond donors (Lipinski definition) is 0. The van der Waals surface area contributed by atoms with Gasteiger partial charge in [0.05, 0.1) is 0 Å². The van der Waals surface area contributed by atoms with Crippen molar-refractivity contribution in [1.82, 2.24) is 4.90 Å². The van der Waals surface area contributed by atoms with Crippen LogP contribution < -0.4 is 0 Å². The molecule has 0 bridgehead atoms. The highest BCUT2D eigenvalue weighted by Gasteiger charge is 2.29. The maximum absolute atomic E-state index is 11.4. The van der Waals surface area contributed by atoms with E-state index in [1.807, 2.05) is 4.90 Å². The number of hydrogen-bond acceptors (Lipinski definition) is 1. The van der Waals surface area contributed by atoms with Crippen molar-refractivity contribution in [3.63, 3.8) is 0 Å². The topological polar surface area (TPSA) is 20.3 Å². The van der Waals surface area contributed by atoms with Crippen LogP contribution in [-0.4, -0.2) is 16.8 Å². The fraction of sp³-hybridized carbons (Fsp3) is 0.500. The van der Waals surface area contributed by atoms with Crippen LogP contribution in [0.15, 0.2) is 24.4 Å². The summed E-state index contributed by atoms with van der Waals surface area (Å²) in [6, 6.07) is 0.431. The molecule has 0 radical (unpaired) electrons. The molecule has 12 heavy (non-hydrogen) atoms. The van der Waals surface area contributed by atoms with Crippen molar-refractivity contribution in [2.75, 3.05) is 0 Å². The Hall–Kier alpha value is -1.05. The van der Waals surface area contributed by atoms with Gasteiger partial charge in [0.15, 0.2) is 0 Å². The first-order valence-corrected chi connectivity index (χ1v) is 4.49. The molecule has 1 amide bonds. The lowest BCUT2D eigenvalue weighted by atomic mass is 10.2. The highest BCUT2D eigenvalue weighted by atomic mass is 16.2. The second-order valence-electron chi connectivity index (χ2n) is 3.47. The summed E-state index contributed by atoms with van der Waals surface area (Å²) >= 11 is 0. The van der Waals surface area contributed by atoms with Crippen LogP contribution in [-0.2, 0) is 4.79 Å². The zero-order valence-electron chi connectivity index (χ0n) is 7.12. The van der Waals surface area contributed by atoms with Gasteiger partial charge >= 0.3 is 0 Å². The van der Waals surface area contributed by atoms with E-state index in [4.69, 9.17) is 0 Å². The molecule has 2 rings (SSSR count). The van der Waals surface area contributed by atoms with Crippen LogP contribution in [0.25, 0.3) is 0 Å². The molecule has 1 fully saturated rings. The summed E-state index contributed by atoms with van der Waals surface area (Å²) in [5.41, 5.74) is 0.868. The standard InChI is InChI=1S/C10H13NO/c1-8-6-7-10(12)11(8)9-4-2-3-5-9/h6-7,9H,1-5H2. The third kappa shape index (κ3) is 1.07. The number of amides is 1. The molecule has 2 nitrogen and oxygen atoms in total. The highest BCUT2D eigenvalue weighted by Crippen LogP contribution is 2.28. The minimum absolute atomic E-state index is 0.118. The SMILES string of the molecule is C=C1C=CC(=O)N1C1CCCC1. The maximum Gasteiger partial charge on any atom is 0.251 e. The largest absolute Gasteiger partial charge is 0.306 e. The lowest BCUT2D eigenvalue weighted by molar-refractivity contribution is -0.124. The van der Waals surface area contributed by atoms with E-state index >= 15 is 0 Å². The molecular weight excluding hydrogens is 150 g/mol. The lowest BCUT2D eigenvalue weighted by Crippen LogP contribution is -2.32. The molecule has 0 N–H and O–H groups in total. The fourth-order valence-electron chi connectivity index (χ4n) is 2.05. The lowest BCUT2D eigenvalue weighted by Gasteiger charge is -2.24. The van der Waals surface area contributed by atoms with Crippen molar-refractivity contribution in [3.05, 3.63) is 24.4 Å². The van der Waals surface area contributed by atoms with Crippen LogP contribution in [0.1, 0.15) is 25.7 Å². The smallest absolute Gasteiger partial charge is 0.251 e. The highest BCUT2D eigenvalue weighted by molar-refractivity contribution is 5.93.